The number of phosphoric acid groups is 1. The number of allylic oxidation sites excluding steroid dienone is 9. The van der Waals surface area contributed by atoms with Gasteiger partial charge < -0.3 is 19.8 Å². The minimum atomic E-state index is -4.36. The average Bonchev–Trinajstić information content (AvgIpc) is 3.36. The number of carbonyl (C=O) groups is 1. The molecule has 9 heteroatoms. The van der Waals surface area contributed by atoms with Crippen LogP contribution in [-0.2, 0) is 18.4 Å². The third kappa shape index (κ3) is 57.9. The molecule has 0 saturated heterocycles. The molecule has 3 atom stereocenters. The van der Waals surface area contributed by atoms with Gasteiger partial charge in [0.2, 0.25) is 5.91 Å². The van der Waals surface area contributed by atoms with Crippen LogP contribution >= 0.6 is 7.82 Å². The van der Waals surface area contributed by atoms with E-state index in [2.05, 4.69) is 67.8 Å². The number of hydrogen-bond donors (Lipinski definition) is 3. The van der Waals surface area contributed by atoms with Crippen molar-refractivity contribution in [3.05, 3.63) is 60.8 Å². The lowest BCUT2D eigenvalue weighted by molar-refractivity contribution is -0.870. The van der Waals surface area contributed by atoms with Gasteiger partial charge >= 0.3 is 7.82 Å². The average molecular weight is 1060 g/mol. The summed E-state index contributed by atoms with van der Waals surface area (Å²) in [6, 6.07) is -0.873. The number of quaternary nitrogens is 1. The van der Waals surface area contributed by atoms with Crippen LogP contribution in [0.15, 0.2) is 60.8 Å². The van der Waals surface area contributed by atoms with Crippen molar-refractivity contribution in [3.8, 4) is 0 Å². The number of aliphatic hydroxyl groups excluding tert-OH is 1. The van der Waals surface area contributed by atoms with Crippen LogP contribution < -0.4 is 5.32 Å². The van der Waals surface area contributed by atoms with Crippen LogP contribution in [0.1, 0.15) is 296 Å². The highest BCUT2D eigenvalue weighted by Crippen LogP contribution is 2.43. The molecule has 0 bridgehead atoms. The highest BCUT2D eigenvalue weighted by molar-refractivity contribution is 7.47. The van der Waals surface area contributed by atoms with Gasteiger partial charge in [-0.05, 0) is 77.0 Å². The molecule has 0 heterocycles. The first-order valence-corrected chi connectivity index (χ1v) is 33.2. The number of nitrogens with zero attached hydrogens (tertiary/aromatic N) is 1. The molecule has 434 valence electrons. The monoisotopic (exact) mass is 1060 g/mol. The van der Waals surface area contributed by atoms with Crippen LogP contribution in [0.2, 0.25) is 0 Å². The number of hydrogen-bond acceptors (Lipinski definition) is 5. The summed E-state index contributed by atoms with van der Waals surface area (Å²) in [5.74, 6) is -0.190. The SMILES string of the molecule is CCCCCCC/C=C\C/C=C\CCCCCCCCCCCCCCCC(=O)NC(COP(=O)(O)OCC[N+](C)(C)C)C(O)/C=C/CC/C=C/CC/C=C/CCCCCCCCCCCCCCCCCCC. The van der Waals surface area contributed by atoms with E-state index in [0.717, 1.165) is 51.4 Å². The number of carbonyl (C=O) groups excluding carboxylic acids is 1. The summed E-state index contributed by atoms with van der Waals surface area (Å²) >= 11 is 0. The van der Waals surface area contributed by atoms with Gasteiger partial charge in [0.1, 0.15) is 13.2 Å². The minimum absolute atomic E-state index is 0.0523. The lowest BCUT2D eigenvalue weighted by Gasteiger charge is -2.25. The zero-order chi connectivity index (χ0) is 54.2. The van der Waals surface area contributed by atoms with E-state index in [4.69, 9.17) is 9.05 Å². The van der Waals surface area contributed by atoms with Gasteiger partial charge in [0.25, 0.3) is 0 Å². The molecular formula is C65H124N2O6P+. The van der Waals surface area contributed by atoms with E-state index in [9.17, 15) is 19.4 Å². The van der Waals surface area contributed by atoms with E-state index in [-0.39, 0.29) is 19.1 Å². The van der Waals surface area contributed by atoms with Gasteiger partial charge in [-0.3, -0.25) is 13.8 Å². The van der Waals surface area contributed by atoms with Crippen molar-refractivity contribution < 1.29 is 32.9 Å². The lowest BCUT2D eigenvalue weighted by atomic mass is 10.0. The summed E-state index contributed by atoms with van der Waals surface area (Å²) in [5, 5.41) is 13.9. The molecule has 0 fully saturated rings. The highest BCUT2D eigenvalue weighted by Gasteiger charge is 2.27. The molecule has 3 N–H and O–H groups in total. The Morgan fingerprint density at radius 3 is 1.16 bits per heavy atom. The molecule has 74 heavy (non-hydrogen) atoms. The molecule has 0 aromatic carbocycles. The summed E-state index contributed by atoms with van der Waals surface area (Å²) in [5.41, 5.74) is 0. The smallest absolute Gasteiger partial charge is 0.387 e. The molecule has 1 amide bonds. The maximum Gasteiger partial charge on any atom is 0.472 e. The molecule has 0 spiro atoms. The van der Waals surface area contributed by atoms with Crippen molar-refractivity contribution >= 4 is 13.7 Å². The van der Waals surface area contributed by atoms with E-state index < -0.39 is 20.0 Å². The Bertz CT molecular complexity index is 1390. The topological polar surface area (TPSA) is 105 Å². The molecule has 0 radical (unpaired) electrons. The van der Waals surface area contributed by atoms with Crippen molar-refractivity contribution in [2.24, 2.45) is 0 Å². The molecule has 8 nitrogen and oxygen atoms in total. The van der Waals surface area contributed by atoms with Gasteiger partial charge in [-0.2, -0.15) is 0 Å². The Morgan fingerprint density at radius 2 is 0.784 bits per heavy atom. The Balaban J connectivity index is 4.22. The van der Waals surface area contributed by atoms with Gasteiger partial charge in [0.05, 0.1) is 39.9 Å². The Kier molecular flexibility index (Phi) is 54.6. The standard InChI is InChI=1S/C65H123N2O6P/c1-6-8-10-12-14-16-18-20-22-24-26-28-30-32-33-35-36-38-40-42-44-46-48-50-52-54-56-58-64(68)63(62-73-74(70,71)72-61-60-67(3,4)5)66-65(69)59-57-55-53-51-49-47-45-43-41-39-37-34-31-29-27-25-23-21-19-17-15-13-11-9-7-2/h19,21,25,27,40,42,48,50,56,58,63-64,68H,6-18,20,22-24,26,28-39,41,43-47,49,51-55,57,59-62H2,1-5H3,(H-,66,69,70,71)/p+1/b21-19-,27-25-,42-40+,50-48+,58-56+. The number of rotatable bonds is 58. The maximum atomic E-state index is 13.0. The van der Waals surface area contributed by atoms with Crippen LogP contribution in [0.4, 0.5) is 0 Å². The third-order valence-electron chi connectivity index (χ3n) is 14.2. The Labute approximate surface area is 460 Å². The number of nitrogens with one attached hydrogen (secondary N) is 1. The van der Waals surface area contributed by atoms with Gasteiger partial charge in [0, 0.05) is 6.42 Å². The first-order chi connectivity index (χ1) is 36.0. The molecular weight excluding hydrogens is 936 g/mol. The van der Waals surface area contributed by atoms with E-state index in [1.54, 1.807) is 6.08 Å². The summed E-state index contributed by atoms with van der Waals surface area (Å²) in [4.78, 5) is 23.3. The number of amides is 1. The zero-order valence-electron chi connectivity index (χ0n) is 49.6. The molecule has 0 rings (SSSR count). The summed E-state index contributed by atoms with van der Waals surface area (Å²) in [7, 11) is 1.55. The second kappa shape index (κ2) is 55.9. The predicted octanol–water partition coefficient (Wildman–Crippen LogP) is 19.7. The van der Waals surface area contributed by atoms with Crippen molar-refractivity contribution in [3.63, 3.8) is 0 Å². The first kappa shape index (κ1) is 72.2. The zero-order valence-corrected chi connectivity index (χ0v) is 50.5. The highest BCUT2D eigenvalue weighted by atomic mass is 31.2. The van der Waals surface area contributed by atoms with Crippen molar-refractivity contribution in [1.29, 1.82) is 0 Å². The summed E-state index contributed by atoms with van der Waals surface area (Å²) in [6.45, 7) is 4.81. The number of phosphoric ester groups is 1. The van der Waals surface area contributed by atoms with Crippen molar-refractivity contribution in [1.82, 2.24) is 5.32 Å². The van der Waals surface area contributed by atoms with E-state index in [1.807, 2.05) is 27.2 Å². The lowest BCUT2D eigenvalue weighted by Crippen LogP contribution is -2.45. The van der Waals surface area contributed by atoms with Crippen LogP contribution in [0, 0.1) is 0 Å². The molecule has 0 saturated carbocycles. The fourth-order valence-electron chi connectivity index (χ4n) is 9.22. The number of likely N-dealkylation sites (N-methyl/N-ethyl adjacent to an activating group) is 1. The van der Waals surface area contributed by atoms with Gasteiger partial charge in [-0.15, -0.1) is 0 Å². The fourth-order valence-corrected chi connectivity index (χ4v) is 9.96. The Hall–Kier alpha value is -1.80. The molecule has 0 aliphatic rings. The molecule has 0 aromatic heterocycles. The van der Waals surface area contributed by atoms with Crippen LogP contribution in [0.3, 0.4) is 0 Å². The number of aliphatic hydroxyl groups is 1. The van der Waals surface area contributed by atoms with Gasteiger partial charge in [-0.1, -0.05) is 274 Å². The minimum Gasteiger partial charge on any atom is -0.387 e. The van der Waals surface area contributed by atoms with Crippen LogP contribution in [0.5, 0.6) is 0 Å². The molecule has 0 aromatic rings. The van der Waals surface area contributed by atoms with Crippen molar-refractivity contribution in [2.75, 3.05) is 40.9 Å². The van der Waals surface area contributed by atoms with Crippen molar-refractivity contribution in [2.45, 2.75) is 309 Å². The normalized spacial score (nSPS) is 14.2. The third-order valence-corrected chi connectivity index (χ3v) is 15.2. The summed E-state index contributed by atoms with van der Waals surface area (Å²) in [6.07, 6.45) is 76.3. The van der Waals surface area contributed by atoms with E-state index in [1.165, 1.54) is 225 Å². The number of unbranched alkanes of at least 4 members (excludes halogenated alkanes) is 37. The molecule has 3 unspecified atom stereocenters. The van der Waals surface area contributed by atoms with E-state index in [0.29, 0.717) is 17.4 Å². The molecule has 0 aliphatic heterocycles. The van der Waals surface area contributed by atoms with Crippen LogP contribution in [-0.4, -0.2) is 73.4 Å². The second-order valence-corrected chi connectivity index (χ2v) is 24.2. The maximum absolute atomic E-state index is 13.0. The second-order valence-electron chi connectivity index (χ2n) is 22.8. The van der Waals surface area contributed by atoms with Gasteiger partial charge in [-0.25, -0.2) is 4.57 Å². The van der Waals surface area contributed by atoms with Crippen LogP contribution in [0.25, 0.3) is 0 Å². The summed E-state index contributed by atoms with van der Waals surface area (Å²) < 4.78 is 23.7. The quantitative estimate of drug-likeness (QED) is 0.0243. The fraction of sp³-hybridized carbons (Fsp3) is 0.831. The first-order valence-electron chi connectivity index (χ1n) is 31.7. The van der Waals surface area contributed by atoms with Gasteiger partial charge in [0.15, 0.2) is 0 Å². The van der Waals surface area contributed by atoms with E-state index >= 15 is 0 Å². The largest absolute Gasteiger partial charge is 0.472 e. The predicted molar refractivity (Wildman–Crippen MR) is 323 cm³/mol. The Morgan fingerprint density at radius 1 is 0.459 bits per heavy atom. The molecule has 0 aliphatic carbocycles.